The molecule has 0 fully saturated rings. The zero-order chi connectivity index (χ0) is 22.4. The summed E-state index contributed by atoms with van der Waals surface area (Å²) < 4.78 is 52.7. The van der Waals surface area contributed by atoms with Gasteiger partial charge in [0.2, 0.25) is 0 Å². The number of halogens is 3. The highest BCUT2D eigenvalue weighted by atomic mass is 19.4. The van der Waals surface area contributed by atoms with Crippen molar-refractivity contribution < 1.29 is 37.2 Å². The molecule has 0 bridgehead atoms. The van der Waals surface area contributed by atoms with Crippen molar-refractivity contribution in [3.8, 4) is 5.75 Å². The van der Waals surface area contributed by atoms with Crippen LogP contribution in [0.15, 0.2) is 42.6 Å². The predicted octanol–water partition coefficient (Wildman–Crippen LogP) is 2.87. The number of ether oxygens (including phenoxy) is 2. The normalized spacial score (nSPS) is 13.1. The molecule has 2 aromatic rings. The molecule has 0 aliphatic rings. The first-order valence-electron chi connectivity index (χ1n) is 9.19. The molecule has 30 heavy (non-hydrogen) atoms. The number of amides is 1. The first-order valence-corrected chi connectivity index (χ1v) is 9.19. The van der Waals surface area contributed by atoms with Crippen molar-refractivity contribution in [2.75, 3.05) is 18.5 Å². The molecule has 1 aromatic carbocycles. The van der Waals surface area contributed by atoms with Crippen LogP contribution in [0.4, 0.5) is 19.0 Å². The Labute approximate surface area is 171 Å². The summed E-state index contributed by atoms with van der Waals surface area (Å²) in [5.41, 5.74) is -3.07. The van der Waals surface area contributed by atoms with Gasteiger partial charge in [-0.25, -0.2) is 15.1 Å². The van der Waals surface area contributed by atoms with E-state index in [1.54, 1.807) is 31.3 Å². The van der Waals surface area contributed by atoms with Crippen LogP contribution in [0.2, 0.25) is 0 Å². The van der Waals surface area contributed by atoms with Crippen LogP contribution in [0.25, 0.3) is 0 Å². The van der Waals surface area contributed by atoms with Crippen LogP contribution in [0.1, 0.15) is 29.8 Å². The van der Waals surface area contributed by atoms with Gasteiger partial charge in [0, 0.05) is 6.07 Å². The maximum atomic E-state index is 14.2. The molecular formula is C20H23F3N3O4+. The van der Waals surface area contributed by atoms with Crippen molar-refractivity contribution in [1.82, 2.24) is 5.32 Å². The van der Waals surface area contributed by atoms with Gasteiger partial charge in [-0.05, 0) is 44.5 Å². The third-order valence-corrected chi connectivity index (χ3v) is 4.02. The fourth-order valence-electron chi connectivity index (χ4n) is 2.66. The number of hydrogen-bond donors (Lipinski definition) is 2. The number of benzene rings is 1. The van der Waals surface area contributed by atoms with E-state index in [-0.39, 0.29) is 30.3 Å². The van der Waals surface area contributed by atoms with E-state index in [0.29, 0.717) is 5.56 Å². The third-order valence-electron chi connectivity index (χ3n) is 4.02. The van der Waals surface area contributed by atoms with Gasteiger partial charge in [-0.3, -0.25) is 10.1 Å². The van der Waals surface area contributed by atoms with E-state index in [0.717, 1.165) is 0 Å². The van der Waals surface area contributed by atoms with Crippen LogP contribution < -0.4 is 20.4 Å². The zero-order valence-corrected chi connectivity index (χ0v) is 16.7. The van der Waals surface area contributed by atoms with E-state index in [9.17, 15) is 22.8 Å². The molecule has 162 valence electrons. The van der Waals surface area contributed by atoms with Gasteiger partial charge in [-0.15, -0.1) is 0 Å². The van der Waals surface area contributed by atoms with E-state index in [1.807, 2.05) is 0 Å². The lowest BCUT2D eigenvalue weighted by Crippen LogP contribution is -2.69. The summed E-state index contributed by atoms with van der Waals surface area (Å²) in [6, 6.07) is 8.77. The second kappa shape index (κ2) is 9.47. The molecular weight excluding hydrogens is 403 g/mol. The number of aromatic amines is 1. The zero-order valence-electron chi connectivity index (χ0n) is 16.7. The molecule has 10 heteroatoms. The van der Waals surface area contributed by atoms with Crippen molar-refractivity contribution in [1.29, 1.82) is 0 Å². The largest absolute Gasteiger partial charge is 0.493 e. The van der Waals surface area contributed by atoms with Crippen molar-refractivity contribution in [3.63, 3.8) is 0 Å². The number of rotatable bonds is 8. The van der Waals surface area contributed by atoms with Gasteiger partial charge in [0.25, 0.3) is 11.7 Å². The Bertz CT molecular complexity index is 905. The molecule has 1 atom stereocenters. The second-order valence-corrected chi connectivity index (χ2v) is 6.26. The summed E-state index contributed by atoms with van der Waals surface area (Å²) in [5.74, 6) is -2.92. The number of para-hydroxylation sites is 1. The van der Waals surface area contributed by atoms with Gasteiger partial charge >= 0.3 is 17.8 Å². The summed E-state index contributed by atoms with van der Waals surface area (Å²) in [4.78, 5) is 27.9. The summed E-state index contributed by atoms with van der Waals surface area (Å²) in [7, 11) is 0. The Morgan fingerprint density at radius 3 is 2.40 bits per heavy atom. The summed E-state index contributed by atoms with van der Waals surface area (Å²) in [6.45, 7) is 4.58. The molecule has 1 heterocycles. The van der Waals surface area contributed by atoms with E-state index < -0.39 is 23.7 Å². The fraction of sp³-hybridized carbons (Fsp3) is 0.350. The average Bonchev–Trinajstić information content (AvgIpc) is 2.67. The number of hydrogen-bond acceptors (Lipinski definition) is 5. The Morgan fingerprint density at radius 1 is 1.10 bits per heavy atom. The fourth-order valence-corrected chi connectivity index (χ4v) is 2.66. The smallest absolute Gasteiger partial charge is 0.464 e. The van der Waals surface area contributed by atoms with E-state index in [4.69, 9.17) is 4.74 Å². The predicted molar refractivity (Wildman–Crippen MR) is 102 cm³/mol. The number of esters is 1. The lowest BCUT2D eigenvalue weighted by molar-refractivity contribution is -0.363. The van der Waals surface area contributed by atoms with Crippen molar-refractivity contribution in [2.45, 2.75) is 32.6 Å². The minimum Gasteiger partial charge on any atom is -0.493 e. The molecule has 2 rings (SSSR count). The first-order chi connectivity index (χ1) is 14.1. The van der Waals surface area contributed by atoms with Gasteiger partial charge in [-0.1, -0.05) is 12.1 Å². The SMILES string of the molecule is CCOC(=O)[C@@](NC(=O)c1ccccc1OCC)(Nc1cc(C)cc[nH+]1)C(F)(F)F. The highest BCUT2D eigenvalue weighted by Gasteiger charge is 2.68. The Hall–Kier alpha value is -3.30. The molecule has 1 aromatic heterocycles. The number of aromatic nitrogens is 1. The van der Waals surface area contributed by atoms with Crippen LogP contribution in [0.5, 0.6) is 5.75 Å². The van der Waals surface area contributed by atoms with E-state index in [2.05, 4.69) is 15.0 Å². The number of alkyl halides is 3. The van der Waals surface area contributed by atoms with Crippen molar-refractivity contribution >= 4 is 17.7 Å². The number of carbonyl (C=O) groups excluding carboxylic acids is 2. The van der Waals surface area contributed by atoms with Gasteiger partial charge in [0.05, 0.1) is 25.0 Å². The summed E-state index contributed by atoms with van der Waals surface area (Å²) in [6.07, 6.45) is -3.84. The summed E-state index contributed by atoms with van der Waals surface area (Å²) in [5, 5.41) is 3.87. The van der Waals surface area contributed by atoms with Gasteiger partial charge in [-0.2, -0.15) is 13.2 Å². The van der Waals surface area contributed by atoms with Crippen molar-refractivity contribution in [2.24, 2.45) is 0 Å². The highest BCUT2D eigenvalue weighted by Crippen LogP contribution is 2.33. The third kappa shape index (κ3) is 5.00. The number of aryl methyl sites for hydroxylation is 1. The summed E-state index contributed by atoms with van der Waals surface area (Å²) >= 11 is 0. The van der Waals surface area contributed by atoms with Crippen LogP contribution in [0, 0.1) is 6.92 Å². The maximum Gasteiger partial charge on any atom is 0.464 e. The molecule has 0 unspecified atom stereocenters. The number of H-pyrrole nitrogens is 1. The first kappa shape index (κ1) is 23.0. The lowest BCUT2D eigenvalue weighted by atomic mass is 10.1. The monoisotopic (exact) mass is 426 g/mol. The van der Waals surface area contributed by atoms with E-state index in [1.165, 1.54) is 37.4 Å². The Morgan fingerprint density at radius 2 is 1.80 bits per heavy atom. The number of carbonyl (C=O) groups is 2. The lowest BCUT2D eigenvalue weighted by Gasteiger charge is -2.31. The molecule has 0 saturated carbocycles. The molecule has 3 N–H and O–H groups in total. The molecule has 1 amide bonds. The molecule has 0 saturated heterocycles. The quantitative estimate of drug-likeness (QED) is 0.500. The minimum absolute atomic E-state index is 0.0829. The Kier molecular flexibility index (Phi) is 7.25. The molecule has 0 spiro atoms. The maximum absolute atomic E-state index is 14.2. The van der Waals surface area contributed by atoms with Crippen LogP contribution >= 0.6 is 0 Å². The van der Waals surface area contributed by atoms with Crippen LogP contribution in [-0.4, -0.2) is 36.9 Å². The number of anilines is 1. The molecule has 0 radical (unpaired) electrons. The standard InChI is InChI=1S/C20H22F3N3O4/c1-4-29-15-9-7-6-8-14(15)17(27)26-19(20(21,22)23,18(28)30-5-2)25-16-12-13(3)10-11-24-16/h6-12H,4-5H2,1-3H3,(H,24,25)(H,26,27)/p+1/t19-/m0/s1. The van der Waals surface area contributed by atoms with Crippen LogP contribution in [-0.2, 0) is 9.53 Å². The molecule has 0 aliphatic carbocycles. The van der Waals surface area contributed by atoms with Gasteiger partial charge < -0.3 is 9.47 Å². The second-order valence-electron chi connectivity index (χ2n) is 6.26. The van der Waals surface area contributed by atoms with Gasteiger partial charge in [0.15, 0.2) is 0 Å². The highest BCUT2D eigenvalue weighted by molar-refractivity contribution is 6.01. The topological polar surface area (TPSA) is 90.8 Å². The average molecular weight is 426 g/mol. The van der Waals surface area contributed by atoms with Gasteiger partial charge in [0.1, 0.15) is 5.75 Å². The molecule has 0 aliphatic heterocycles. The van der Waals surface area contributed by atoms with E-state index >= 15 is 0 Å². The number of pyridine rings is 1. The molecule has 7 nitrogen and oxygen atoms in total. The minimum atomic E-state index is -5.24. The van der Waals surface area contributed by atoms with Crippen molar-refractivity contribution in [3.05, 3.63) is 53.7 Å². The Balaban J connectivity index is 2.54. The van der Waals surface area contributed by atoms with Crippen LogP contribution in [0.3, 0.4) is 0 Å². The number of nitrogens with one attached hydrogen (secondary N) is 3.